The molecular formula is C18H26N2O8. The van der Waals surface area contributed by atoms with E-state index >= 15 is 0 Å². The molecular weight excluding hydrogens is 372 g/mol. The molecule has 1 unspecified atom stereocenters. The van der Waals surface area contributed by atoms with Crippen LogP contribution in [0.1, 0.15) is 12.6 Å². The Morgan fingerprint density at radius 2 is 1.86 bits per heavy atom. The van der Waals surface area contributed by atoms with E-state index in [9.17, 15) is 9.90 Å². The van der Waals surface area contributed by atoms with Crippen molar-refractivity contribution in [2.45, 2.75) is 12.5 Å². The molecule has 156 valence electrons. The molecule has 1 aromatic heterocycles. The highest BCUT2D eigenvalue weighted by Crippen LogP contribution is 2.32. The number of esters is 1. The van der Waals surface area contributed by atoms with Gasteiger partial charge in [-0.05, 0) is 6.92 Å². The second-order valence-corrected chi connectivity index (χ2v) is 6.04. The van der Waals surface area contributed by atoms with Gasteiger partial charge in [0.15, 0.2) is 22.7 Å². The van der Waals surface area contributed by atoms with E-state index in [0.29, 0.717) is 33.0 Å². The molecule has 10 nitrogen and oxygen atoms in total. The van der Waals surface area contributed by atoms with E-state index in [2.05, 4.69) is 9.98 Å². The van der Waals surface area contributed by atoms with E-state index < -0.39 is 11.5 Å². The summed E-state index contributed by atoms with van der Waals surface area (Å²) in [5.74, 6) is -0.487. The third-order valence-corrected chi connectivity index (χ3v) is 3.84. The number of methoxy groups -OCH3 is 2. The van der Waals surface area contributed by atoms with Crippen LogP contribution in [0.3, 0.4) is 0 Å². The van der Waals surface area contributed by atoms with Crippen LogP contribution < -0.4 is 4.74 Å². The van der Waals surface area contributed by atoms with Crippen molar-refractivity contribution in [2.24, 2.45) is 4.99 Å². The van der Waals surface area contributed by atoms with Crippen LogP contribution in [0.4, 0.5) is 0 Å². The molecule has 0 saturated carbocycles. The second kappa shape index (κ2) is 10.8. The van der Waals surface area contributed by atoms with Crippen LogP contribution in [-0.2, 0) is 28.5 Å². The lowest BCUT2D eigenvalue weighted by atomic mass is 10.1. The lowest BCUT2D eigenvalue weighted by Gasteiger charge is -2.13. The Balaban J connectivity index is 1.85. The number of aromatic hydroxyl groups is 1. The van der Waals surface area contributed by atoms with Crippen molar-refractivity contribution in [3.05, 3.63) is 18.0 Å². The standard InChI is InChI=1S/C18H26N2O8/c1-18(17(22)24-3)12-28-16(20-18)14-15(21)13(4-5-19-14)27-11-10-26-9-8-25-7-6-23-2/h4-5,21H,6-12H2,1-3H3. The van der Waals surface area contributed by atoms with Gasteiger partial charge >= 0.3 is 5.97 Å². The summed E-state index contributed by atoms with van der Waals surface area (Å²) in [4.78, 5) is 20.1. The predicted octanol–water partition coefficient (Wildman–Crippen LogP) is 0.554. The van der Waals surface area contributed by atoms with E-state index in [1.807, 2.05) is 0 Å². The largest absolute Gasteiger partial charge is 0.503 e. The number of hydrogen-bond acceptors (Lipinski definition) is 10. The van der Waals surface area contributed by atoms with Crippen molar-refractivity contribution in [3.8, 4) is 11.5 Å². The summed E-state index contributed by atoms with van der Waals surface area (Å²) in [7, 11) is 2.89. The van der Waals surface area contributed by atoms with Gasteiger partial charge in [-0.2, -0.15) is 0 Å². The molecule has 0 radical (unpaired) electrons. The number of carbonyl (C=O) groups is 1. The molecule has 0 bridgehead atoms. The smallest absolute Gasteiger partial charge is 0.337 e. The number of nitrogens with zero attached hydrogens (tertiary/aromatic N) is 2. The third-order valence-electron chi connectivity index (χ3n) is 3.84. The fraction of sp³-hybridized carbons (Fsp3) is 0.611. The van der Waals surface area contributed by atoms with E-state index in [4.69, 9.17) is 28.4 Å². The minimum atomic E-state index is -1.17. The first kappa shape index (κ1) is 21.9. The van der Waals surface area contributed by atoms with Gasteiger partial charge in [0.25, 0.3) is 0 Å². The fourth-order valence-electron chi connectivity index (χ4n) is 2.33. The molecule has 0 aliphatic carbocycles. The highest BCUT2D eigenvalue weighted by atomic mass is 16.6. The number of aromatic nitrogens is 1. The number of ether oxygens (including phenoxy) is 6. The average molecular weight is 398 g/mol. The topological polar surface area (TPSA) is 118 Å². The maximum atomic E-state index is 11.8. The van der Waals surface area contributed by atoms with Crippen LogP contribution in [-0.4, -0.2) is 88.0 Å². The van der Waals surface area contributed by atoms with Crippen molar-refractivity contribution in [3.63, 3.8) is 0 Å². The number of pyridine rings is 1. The zero-order valence-electron chi connectivity index (χ0n) is 16.3. The van der Waals surface area contributed by atoms with E-state index in [1.165, 1.54) is 19.4 Å². The van der Waals surface area contributed by atoms with Crippen molar-refractivity contribution in [1.82, 2.24) is 4.98 Å². The molecule has 2 rings (SSSR count). The van der Waals surface area contributed by atoms with E-state index in [-0.39, 0.29) is 36.3 Å². The average Bonchev–Trinajstić information content (AvgIpc) is 3.10. The van der Waals surface area contributed by atoms with Crippen molar-refractivity contribution in [2.75, 3.05) is 60.5 Å². The summed E-state index contributed by atoms with van der Waals surface area (Å²) >= 11 is 0. The van der Waals surface area contributed by atoms with Crippen molar-refractivity contribution >= 4 is 11.9 Å². The molecule has 0 amide bonds. The van der Waals surface area contributed by atoms with Gasteiger partial charge in [0.05, 0.1) is 40.1 Å². The molecule has 2 heterocycles. The van der Waals surface area contributed by atoms with Crippen LogP contribution >= 0.6 is 0 Å². The Morgan fingerprint density at radius 3 is 2.54 bits per heavy atom. The lowest BCUT2D eigenvalue weighted by molar-refractivity contribution is -0.146. The molecule has 1 atom stereocenters. The summed E-state index contributed by atoms with van der Waals surface area (Å²) in [6, 6.07) is 1.52. The summed E-state index contributed by atoms with van der Waals surface area (Å²) in [6.07, 6.45) is 1.45. The molecule has 0 aromatic carbocycles. The quantitative estimate of drug-likeness (QED) is 0.398. The third kappa shape index (κ3) is 5.78. The van der Waals surface area contributed by atoms with Crippen molar-refractivity contribution in [1.29, 1.82) is 0 Å². The minimum absolute atomic E-state index is 0.00149. The SMILES string of the molecule is COCCOCCOCCOc1ccnc(C2=NC(C)(C(=O)OC)CO2)c1O. The van der Waals surface area contributed by atoms with Crippen LogP contribution in [0.25, 0.3) is 0 Å². The van der Waals surface area contributed by atoms with Gasteiger partial charge in [-0.15, -0.1) is 0 Å². The summed E-state index contributed by atoms with van der Waals surface area (Å²) < 4.78 is 31.2. The fourth-order valence-corrected chi connectivity index (χ4v) is 2.33. The highest BCUT2D eigenvalue weighted by Gasteiger charge is 2.41. The van der Waals surface area contributed by atoms with E-state index in [1.54, 1.807) is 14.0 Å². The number of hydrogen-bond donors (Lipinski definition) is 1. The van der Waals surface area contributed by atoms with Crippen LogP contribution in [0.2, 0.25) is 0 Å². The predicted molar refractivity (Wildman–Crippen MR) is 97.8 cm³/mol. The van der Waals surface area contributed by atoms with Gasteiger partial charge < -0.3 is 33.5 Å². The lowest BCUT2D eigenvalue weighted by Crippen LogP contribution is -2.35. The summed E-state index contributed by atoms with van der Waals surface area (Å²) in [5, 5.41) is 10.4. The molecule has 0 saturated heterocycles. The van der Waals surface area contributed by atoms with E-state index in [0.717, 1.165) is 0 Å². The Hall–Kier alpha value is -2.43. The van der Waals surface area contributed by atoms with Crippen LogP contribution in [0.15, 0.2) is 17.3 Å². The van der Waals surface area contributed by atoms with Gasteiger partial charge in [0, 0.05) is 19.4 Å². The molecule has 1 N–H and O–H groups in total. The summed E-state index contributed by atoms with van der Waals surface area (Å²) in [6.45, 7) is 4.08. The summed E-state index contributed by atoms with van der Waals surface area (Å²) in [5.41, 5.74) is -1.08. The maximum Gasteiger partial charge on any atom is 0.337 e. The maximum absolute atomic E-state index is 11.8. The first-order valence-electron chi connectivity index (χ1n) is 8.78. The molecule has 0 fully saturated rings. The Kier molecular flexibility index (Phi) is 8.42. The molecule has 0 spiro atoms. The Labute approximate surface area is 163 Å². The normalized spacial score (nSPS) is 18.5. The van der Waals surface area contributed by atoms with Crippen LogP contribution in [0, 0.1) is 0 Å². The first-order valence-corrected chi connectivity index (χ1v) is 8.78. The van der Waals surface area contributed by atoms with Gasteiger partial charge in [0.2, 0.25) is 5.90 Å². The first-order chi connectivity index (χ1) is 13.5. The minimum Gasteiger partial charge on any atom is -0.503 e. The van der Waals surface area contributed by atoms with Crippen molar-refractivity contribution < 1.29 is 38.3 Å². The van der Waals surface area contributed by atoms with Gasteiger partial charge in [-0.1, -0.05) is 0 Å². The number of aliphatic imine (C=N–C) groups is 1. The monoisotopic (exact) mass is 398 g/mol. The number of carbonyl (C=O) groups excluding carboxylic acids is 1. The van der Waals surface area contributed by atoms with Gasteiger partial charge in [0.1, 0.15) is 13.2 Å². The molecule has 1 aliphatic heterocycles. The van der Waals surface area contributed by atoms with Crippen LogP contribution in [0.5, 0.6) is 11.5 Å². The molecule has 1 aromatic rings. The molecule has 10 heteroatoms. The second-order valence-electron chi connectivity index (χ2n) is 6.04. The zero-order chi connectivity index (χ0) is 20.4. The number of rotatable bonds is 12. The molecule has 28 heavy (non-hydrogen) atoms. The molecule has 1 aliphatic rings. The zero-order valence-corrected chi connectivity index (χ0v) is 16.3. The Bertz CT molecular complexity index is 682. The van der Waals surface area contributed by atoms with Gasteiger partial charge in [-0.3, -0.25) is 0 Å². The van der Waals surface area contributed by atoms with Gasteiger partial charge in [-0.25, -0.2) is 14.8 Å². The Morgan fingerprint density at radius 1 is 1.18 bits per heavy atom. The highest BCUT2D eigenvalue weighted by molar-refractivity contribution is 5.99.